The minimum atomic E-state index is -0.361. The van der Waals surface area contributed by atoms with E-state index in [9.17, 15) is 9.90 Å². The summed E-state index contributed by atoms with van der Waals surface area (Å²) in [6.45, 7) is 8.43. The van der Waals surface area contributed by atoms with E-state index in [2.05, 4.69) is 13.8 Å². The summed E-state index contributed by atoms with van der Waals surface area (Å²) in [4.78, 5) is 12.3. The Morgan fingerprint density at radius 2 is 2.00 bits per heavy atom. The number of rotatable bonds is 4. The van der Waals surface area contributed by atoms with Crippen LogP contribution in [-0.4, -0.2) is 23.3 Å². The van der Waals surface area contributed by atoms with Crippen LogP contribution in [-0.2, 0) is 9.53 Å². The summed E-state index contributed by atoms with van der Waals surface area (Å²) in [5, 5.41) is 9.17. The van der Waals surface area contributed by atoms with Gasteiger partial charge in [0.2, 0.25) is 0 Å². The van der Waals surface area contributed by atoms with Crippen LogP contribution in [0.15, 0.2) is 0 Å². The molecule has 0 aromatic carbocycles. The lowest BCUT2D eigenvalue weighted by atomic mass is 9.52. The van der Waals surface area contributed by atoms with Gasteiger partial charge in [0, 0.05) is 12.5 Å². The smallest absolute Gasteiger partial charge is 0.312 e. The maximum absolute atomic E-state index is 12.3. The Kier molecular flexibility index (Phi) is 2.81. The molecule has 0 aromatic heterocycles. The summed E-state index contributed by atoms with van der Waals surface area (Å²) in [7, 11) is 0. The highest BCUT2D eigenvalue weighted by Crippen LogP contribution is 2.59. The van der Waals surface area contributed by atoms with Gasteiger partial charge < -0.3 is 9.84 Å². The quantitative estimate of drug-likeness (QED) is 0.768. The molecule has 3 nitrogen and oxygen atoms in total. The Morgan fingerprint density at radius 1 is 1.35 bits per heavy atom. The van der Waals surface area contributed by atoms with E-state index in [4.69, 9.17) is 4.74 Å². The third-order valence-electron chi connectivity index (χ3n) is 5.48. The van der Waals surface area contributed by atoms with Gasteiger partial charge in [-0.3, -0.25) is 4.79 Å². The van der Waals surface area contributed by atoms with Crippen LogP contribution in [0.3, 0.4) is 0 Å². The summed E-state index contributed by atoms with van der Waals surface area (Å²) in [6, 6.07) is 0. The highest BCUT2D eigenvalue weighted by molar-refractivity contribution is 5.79. The number of hydrogen-bond donors (Lipinski definition) is 1. The minimum absolute atomic E-state index is 0.0443. The van der Waals surface area contributed by atoms with Crippen molar-refractivity contribution < 1.29 is 14.6 Å². The average Bonchev–Trinajstić information content (AvgIpc) is 3.00. The van der Waals surface area contributed by atoms with Gasteiger partial charge in [0.1, 0.15) is 5.60 Å². The number of carbonyl (C=O) groups is 1. The van der Waals surface area contributed by atoms with Crippen molar-refractivity contribution in [2.24, 2.45) is 16.7 Å². The number of aliphatic hydroxyl groups excluding tert-OH is 1. The van der Waals surface area contributed by atoms with Gasteiger partial charge in [-0.05, 0) is 38.0 Å². The first-order valence-electron chi connectivity index (χ1n) is 6.66. The number of aliphatic hydroxyl groups is 1. The van der Waals surface area contributed by atoms with Crippen molar-refractivity contribution in [2.75, 3.05) is 6.61 Å². The molecule has 2 fully saturated rings. The number of ether oxygens (including phenoxy) is 1. The van der Waals surface area contributed by atoms with Gasteiger partial charge in [0.15, 0.2) is 0 Å². The summed E-state index contributed by atoms with van der Waals surface area (Å²) >= 11 is 0. The van der Waals surface area contributed by atoms with Crippen LogP contribution in [0.5, 0.6) is 0 Å². The van der Waals surface area contributed by atoms with E-state index in [1.807, 2.05) is 13.8 Å². The highest BCUT2D eigenvalue weighted by atomic mass is 16.6. The zero-order chi connectivity index (χ0) is 12.9. The molecule has 0 aromatic rings. The van der Waals surface area contributed by atoms with E-state index in [0.29, 0.717) is 0 Å². The maximum atomic E-state index is 12.3. The fraction of sp³-hybridized carbons (Fsp3) is 0.929. The van der Waals surface area contributed by atoms with Gasteiger partial charge in [0.25, 0.3) is 0 Å². The standard InChI is InChI=1S/C14H24O3/c1-5-14(8-10(14)9-15)17-11(16)13(4)7-6-12(13,2)3/h10,15H,5-9H2,1-4H3/t10?,13?,14-/m1/s1. The van der Waals surface area contributed by atoms with E-state index in [0.717, 1.165) is 25.7 Å². The van der Waals surface area contributed by atoms with Crippen molar-refractivity contribution in [1.82, 2.24) is 0 Å². The third kappa shape index (κ3) is 1.70. The lowest BCUT2D eigenvalue weighted by Gasteiger charge is -2.52. The van der Waals surface area contributed by atoms with Crippen molar-refractivity contribution in [2.45, 2.75) is 59.0 Å². The van der Waals surface area contributed by atoms with Crippen LogP contribution in [0.4, 0.5) is 0 Å². The molecule has 0 radical (unpaired) electrons. The van der Waals surface area contributed by atoms with Crippen LogP contribution < -0.4 is 0 Å². The first kappa shape index (κ1) is 12.9. The zero-order valence-electron chi connectivity index (χ0n) is 11.4. The Balaban J connectivity index is 2.03. The van der Waals surface area contributed by atoms with Crippen molar-refractivity contribution in [3.05, 3.63) is 0 Å². The summed E-state index contributed by atoms with van der Waals surface area (Å²) in [5.74, 6) is 0.0924. The molecule has 17 heavy (non-hydrogen) atoms. The molecule has 3 heteroatoms. The van der Waals surface area contributed by atoms with Crippen LogP contribution in [0.25, 0.3) is 0 Å². The van der Waals surface area contributed by atoms with Crippen LogP contribution in [0.2, 0.25) is 0 Å². The van der Waals surface area contributed by atoms with Crippen molar-refractivity contribution in [3.8, 4) is 0 Å². The molecule has 2 aliphatic carbocycles. The van der Waals surface area contributed by atoms with Crippen LogP contribution >= 0.6 is 0 Å². The SMILES string of the molecule is CC[C@@]1(OC(=O)C2(C)CCC2(C)C)CC1CO. The molecule has 0 aliphatic heterocycles. The Hall–Kier alpha value is -0.570. The highest BCUT2D eigenvalue weighted by Gasteiger charge is 2.61. The molecule has 0 heterocycles. The van der Waals surface area contributed by atoms with Gasteiger partial charge in [-0.25, -0.2) is 0 Å². The fourth-order valence-corrected chi connectivity index (χ4v) is 2.89. The van der Waals surface area contributed by atoms with Crippen molar-refractivity contribution >= 4 is 5.97 Å². The molecule has 2 aliphatic rings. The average molecular weight is 240 g/mol. The number of esters is 1. The molecule has 3 atom stereocenters. The topological polar surface area (TPSA) is 46.5 Å². The van der Waals surface area contributed by atoms with E-state index in [-0.39, 0.29) is 34.9 Å². The second-order valence-electron chi connectivity index (χ2n) is 6.61. The second-order valence-corrected chi connectivity index (χ2v) is 6.61. The monoisotopic (exact) mass is 240 g/mol. The Bertz CT molecular complexity index is 336. The molecule has 2 rings (SSSR count). The molecular weight excluding hydrogens is 216 g/mol. The lowest BCUT2D eigenvalue weighted by molar-refractivity contribution is -0.184. The Morgan fingerprint density at radius 3 is 2.29 bits per heavy atom. The molecule has 1 N–H and O–H groups in total. The predicted octanol–water partition coefficient (Wildman–Crippen LogP) is 2.52. The lowest BCUT2D eigenvalue weighted by Crippen LogP contribution is -2.52. The number of hydrogen-bond acceptors (Lipinski definition) is 3. The number of carbonyl (C=O) groups excluding carboxylic acids is 1. The summed E-state index contributed by atoms with van der Waals surface area (Å²) in [5.41, 5.74) is -0.652. The van der Waals surface area contributed by atoms with E-state index in [1.54, 1.807) is 0 Å². The van der Waals surface area contributed by atoms with Crippen molar-refractivity contribution in [3.63, 3.8) is 0 Å². The molecule has 0 saturated heterocycles. The molecule has 0 bridgehead atoms. The van der Waals surface area contributed by atoms with Gasteiger partial charge in [-0.1, -0.05) is 20.8 Å². The largest absolute Gasteiger partial charge is 0.458 e. The molecule has 2 saturated carbocycles. The normalized spacial score (nSPS) is 42.8. The van der Waals surface area contributed by atoms with Crippen LogP contribution in [0.1, 0.15) is 53.4 Å². The van der Waals surface area contributed by atoms with E-state index < -0.39 is 0 Å². The van der Waals surface area contributed by atoms with E-state index in [1.165, 1.54) is 0 Å². The molecule has 98 valence electrons. The van der Waals surface area contributed by atoms with Crippen molar-refractivity contribution in [1.29, 1.82) is 0 Å². The van der Waals surface area contributed by atoms with Gasteiger partial charge in [-0.2, -0.15) is 0 Å². The second kappa shape index (κ2) is 3.71. The predicted molar refractivity (Wildman–Crippen MR) is 65.4 cm³/mol. The van der Waals surface area contributed by atoms with E-state index >= 15 is 0 Å². The minimum Gasteiger partial charge on any atom is -0.458 e. The molecule has 2 unspecified atom stereocenters. The van der Waals surface area contributed by atoms with Crippen LogP contribution in [0, 0.1) is 16.7 Å². The van der Waals surface area contributed by atoms with Gasteiger partial charge in [-0.15, -0.1) is 0 Å². The molecule has 0 amide bonds. The van der Waals surface area contributed by atoms with Gasteiger partial charge >= 0.3 is 5.97 Å². The molecular formula is C14H24O3. The zero-order valence-corrected chi connectivity index (χ0v) is 11.4. The first-order valence-corrected chi connectivity index (χ1v) is 6.66. The summed E-state index contributed by atoms with van der Waals surface area (Å²) in [6.07, 6.45) is 3.63. The first-order chi connectivity index (χ1) is 7.81. The summed E-state index contributed by atoms with van der Waals surface area (Å²) < 4.78 is 5.75. The third-order valence-corrected chi connectivity index (χ3v) is 5.48. The Labute approximate surface area is 104 Å². The fourth-order valence-electron chi connectivity index (χ4n) is 2.89. The van der Waals surface area contributed by atoms with Gasteiger partial charge in [0.05, 0.1) is 5.41 Å². The molecule has 0 spiro atoms. The maximum Gasteiger partial charge on any atom is 0.312 e.